The molecule has 4 heteroatoms. The van der Waals surface area contributed by atoms with E-state index in [1.54, 1.807) is 0 Å². The van der Waals surface area contributed by atoms with Gasteiger partial charge < -0.3 is 14.8 Å². The molecule has 0 fully saturated rings. The summed E-state index contributed by atoms with van der Waals surface area (Å²) in [7, 11) is 4.01. The molecule has 1 unspecified atom stereocenters. The summed E-state index contributed by atoms with van der Waals surface area (Å²) in [5, 5.41) is 1.26. The first-order valence-electron chi connectivity index (χ1n) is 10.8. The van der Waals surface area contributed by atoms with Crippen LogP contribution in [0.5, 0.6) is 0 Å². The molecular formula is C27H27N3O. The largest absolute Gasteiger partial charge is 0.378 e. The zero-order valence-corrected chi connectivity index (χ0v) is 18.2. The zero-order valence-electron chi connectivity index (χ0n) is 18.2. The quantitative estimate of drug-likeness (QED) is 0.497. The number of rotatable bonds is 3. The monoisotopic (exact) mass is 409 g/mol. The lowest BCUT2D eigenvalue weighted by Crippen LogP contribution is -2.40. The van der Waals surface area contributed by atoms with E-state index in [2.05, 4.69) is 60.4 Å². The molecule has 0 bridgehead atoms. The maximum absolute atomic E-state index is 13.7. The topological polar surface area (TPSA) is 39.3 Å². The van der Waals surface area contributed by atoms with Gasteiger partial charge in [-0.15, -0.1) is 0 Å². The van der Waals surface area contributed by atoms with Crippen LogP contribution in [0.1, 0.15) is 38.8 Å². The van der Waals surface area contributed by atoms with E-state index >= 15 is 0 Å². The van der Waals surface area contributed by atoms with E-state index in [0.29, 0.717) is 6.54 Å². The number of fused-ring (bicyclic) bond motifs is 3. The number of hydrogen-bond donors (Lipinski definition) is 1. The Bertz CT molecular complexity index is 1240. The molecule has 0 spiro atoms. The lowest BCUT2D eigenvalue weighted by molar-refractivity contribution is 0.0692. The van der Waals surface area contributed by atoms with Gasteiger partial charge in [-0.2, -0.15) is 0 Å². The van der Waals surface area contributed by atoms with Crippen molar-refractivity contribution in [1.29, 1.82) is 0 Å². The third kappa shape index (κ3) is 3.38. The Kier molecular flexibility index (Phi) is 4.78. The minimum Gasteiger partial charge on any atom is -0.378 e. The van der Waals surface area contributed by atoms with Gasteiger partial charge in [-0.3, -0.25) is 4.79 Å². The van der Waals surface area contributed by atoms with Gasteiger partial charge in [0.25, 0.3) is 5.91 Å². The molecule has 0 saturated carbocycles. The van der Waals surface area contributed by atoms with Crippen LogP contribution in [0.15, 0.2) is 72.8 Å². The van der Waals surface area contributed by atoms with Crippen molar-refractivity contribution >= 4 is 22.5 Å². The fourth-order valence-corrected chi connectivity index (χ4v) is 4.62. The predicted octanol–water partition coefficient (Wildman–Crippen LogP) is 5.33. The SMILES string of the molecule is Cc1ccc(C2c3[nH]c4ccccc4c3CCN2C(=O)c2ccc(N(C)C)cc2)cc1. The van der Waals surface area contributed by atoms with Crippen molar-refractivity contribution in [3.05, 3.63) is 101 Å². The molecule has 0 aliphatic carbocycles. The Balaban J connectivity index is 1.60. The van der Waals surface area contributed by atoms with Crippen molar-refractivity contribution in [2.75, 3.05) is 25.5 Å². The van der Waals surface area contributed by atoms with Crippen LogP contribution in [0.2, 0.25) is 0 Å². The van der Waals surface area contributed by atoms with Gasteiger partial charge in [-0.25, -0.2) is 0 Å². The molecule has 0 radical (unpaired) electrons. The van der Waals surface area contributed by atoms with Crippen molar-refractivity contribution < 1.29 is 4.79 Å². The molecule has 5 rings (SSSR count). The summed E-state index contributed by atoms with van der Waals surface area (Å²) in [6.07, 6.45) is 0.850. The first kappa shape index (κ1) is 19.4. The number of aryl methyl sites for hydroxylation is 1. The van der Waals surface area contributed by atoms with E-state index < -0.39 is 0 Å². The van der Waals surface area contributed by atoms with Gasteiger partial charge >= 0.3 is 0 Å². The highest BCUT2D eigenvalue weighted by molar-refractivity contribution is 5.96. The van der Waals surface area contributed by atoms with Crippen LogP contribution in [-0.2, 0) is 6.42 Å². The Morgan fingerprint density at radius 1 is 0.968 bits per heavy atom. The fraction of sp³-hybridized carbons (Fsp3) is 0.222. The minimum absolute atomic E-state index is 0.0696. The van der Waals surface area contributed by atoms with Crippen molar-refractivity contribution in [2.45, 2.75) is 19.4 Å². The first-order chi connectivity index (χ1) is 15.0. The molecule has 3 aromatic carbocycles. The van der Waals surface area contributed by atoms with E-state index in [1.165, 1.54) is 16.5 Å². The molecule has 1 aliphatic rings. The molecule has 0 saturated heterocycles. The zero-order chi connectivity index (χ0) is 21.5. The third-order valence-electron chi connectivity index (χ3n) is 6.32. The number of benzene rings is 3. The number of carbonyl (C=O) groups is 1. The summed E-state index contributed by atoms with van der Waals surface area (Å²) in [6, 6.07) is 24.7. The summed E-state index contributed by atoms with van der Waals surface area (Å²) in [4.78, 5) is 21.4. The number of anilines is 1. The second-order valence-electron chi connectivity index (χ2n) is 8.57. The molecule has 4 nitrogen and oxygen atoms in total. The van der Waals surface area contributed by atoms with Crippen LogP contribution >= 0.6 is 0 Å². The van der Waals surface area contributed by atoms with Crippen LogP contribution in [-0.4, -0.2) is 36.4 Å². The maximum atomic E-state index is 13.7. The average Bonchev–Trinajstić information content (AvgIpc) is 3.17. The standard InChI is InChI=1S/C27H27N3O/c1-18-8-10-19(11-9-18)26-25-23(22-6-4-5-7-24(22)28-25)16-17-30(26)27(31)20-12-14-21(15-13-20)29(2)3/h4-15,26,28H,16-17H2,1-3H3. The molecule has 1 atom stereocenters. The normalized spacial score (nSPS) is 15.7. The third-order valence-corrected chi connectivity index (χ3v) is 6.32. The average molecular weight is 410 g/mol. The second kappa shape index (κ2) is 7.62. The van der Waals surface area contributed by atoms with Crippen molar-refractivity contribution in [2.24, 2.45) is 0 Å². The van der Waals surface area contributed by atoms with Crippen molar-refractivity contribution in [3.63, 3.8) is 0 Å². The molecule has 4 aromatic rings. The molecule has 1 aliphatic heterocycles. The summed E-state index contributed by atoms with van der Waals surface area (Å²) in [5.41, 5.74) is 7.76. The predicted molar refractivity (Wildman–Crippen MR) is 127 cm³/mol. The van der Waals surface area contributed by atoms with Gasteiger partial charge in [-0.05, 0) is 54.8 Å². The maximum Gasteiger partial charge on any atom is 0.254 e. The Hall–Kier alpha value is -3.53. The molecule has 156 valence electrons. The van der Waals surface area contributed by atoms with Crippen LogP contribution in [0, 0.1) is 6.92 Å². The lowest BCUT2D eigenvalue weighted by atomic mass is 9.91. The first-order valence-corrected chi connectivity index (χ1v) is 10.8. The Morgan fingerprint density at radius 2 is 1.68 bits per heavy atom. The number of para-hydroxylation sites is 1. The summed E-state index contributed by atoms with van der Waals surface area (Å²) >= 11 is 0. The van der Waals surface area contributed by atoms with Crippen LogP contribution in [0.3, 0.4) is 0 Å². The van der Waals surface area contributed by atoms with Gasteiger partial charge in [0.1, 0.15) is 0 Å². The summed E-state index contributed by atoms with van der Waals surface area (Å²) in [5.74, 6) is 0.0696. The number of hydrogen-bond acceptors (Lipinski definition) is 2. The van der Waals surface area contributed by atoms with E-state index in [9.17, 15) is 4.79 Å². The molecular weight excluding hydrogens is 382 g/mol. The fourth-order valence-electron chi connectivity index (χ4n) is 4.62. The van der Waals surface area contributed by atoms with Crippen molar-refractivity contribution in [3.8, 4) is 0 Å². The summed E-state index contributed by atoms with van der Waals surface area (Å²) in [6.45, 7) is 2.79. The van der Waals surface area contributed by atoms with Gasteiger partial charge in [0.05, 0.1) is 6.04 Å². The van der Waals surface area contributed by atoms with Crippen LogP contribution in [0.4, 0.5) is 5.69 Å². The second-order valence-corrected chi connectivity index (χ2v) is 8.57. The number of aromatic nitrogens is 1. The van der Waals surface area contributed by atoms with E-state index in [4.69, 9.17) is 0 Å². The number of amides is 1. The van der Waals surface area contributed by atoms with Gasteiger partial charge in [-0.1, -0.05) is 48.0 Å². The van der Waals surface area contributed by atoms with Gasteiger partial charge in [0, 0.05) is 48.5 Å². The van der Waals surface area contributed by atoms with E-state index in [-0.39, 0.29) is 11.9 Å². The van der Waals surface area contributed by atoms with E-state index in [0.717, 1.165) is 34.4 Å². The smallest absolute Gasteiger partial charge is 0.254 e. The Labute approximate surface area is 183 Å². The highest BCUT2D eigenvalue weighted by Crippen LogP contribution is 2.39. The number of carbonyl (C=O) groups excluding carboxylic acids is 1. The molecule has 1 aromatic heterocycles. The van der Waals surface area contributed by atoms with Gasteiger partial charge in [0.2, 0.25) is 0 Å². The lowest BCUT2D eigenvalue weighted by Gasteiger charge is -2.36. The minimum atomic E-state index is -0.127. The number of nitrogens with zero attached hydrogens (tertiary/aromatic N) is 2. The highest BCUT2D eigenvalue weighted by atomic mass is 16.2. The molecule has 1 amide bonds. The number of H-pyrrole nitrogens is 1. The van der Waals surface area contributed by atoms with Gasteiger partial charge in [0.15, 0.2) is 0 Å². The number of aromatic amines is 1. The highest BCUT2D eigenvalue weighted by Gasteiger charge is 2.34. The van der Waals surface area contributed by atoms with Crippen LogP contribution < -0.4 is 4.90 Å². The molecule has 1 N–H and O–H groups in total. The Morgan fingerprint density at radius 3 is 2.39 bits per heavy atom. The number of nitrogens with one attached hydrogen (secondary N) is 1. The van der Waals surface area contributed by atoms with Crippen LogP contribution in [0.25, 0.3) is 10.9 Å². The molecule has 31 heavy (non-hydrogen) atoms. The van der Waals surface area contributed by atoms with Crippen molar-refractivity contribution in [1.82, 2.24) is 9.88 Å². The molecule has 2 heterocycles. The summed E-state index contributed by atoms with van der Waals surface area (Å²) < 4.78 is 0. The van der Waals surface area contributed by atoms with E-state index in [1.807, 2.05) is 48.2 Å².